The van der Waals surface area contributed by atoms with Gasteiger partial charge < -0.3 is 0 Å². The maximum atomic E-state index is 12.4. The zero-order valence-electron chi connectivity index (χ0n) is 17.3. The molecule has 0 saturated heterocycles. The maximum absolute atomic E-state index is 12.4. The summed E-state index contributed by atoms with van der Waals surface area (Å²) < 4.78 is 44.3. The Labute approximate surface area is 212 Å². The van der Waals surface area contributed by atoms with E-state index in [0.717, 1.165) is 9.17 Å². The molecule has 2 heterocycles. The van der Waals surface area contributed by atoms with Crippen molar-refractivity contribution in [2.75, 3.05) is 0 Å². The van der Waals surface area contributed by atoms with Crippen LogP contribution in [0.3, 0.4) is 0 Å². The van der Waals surface area contributed by atoms with E-state index in [-0.39, 0.29) is 30.7 Å². The predicted octanol–water partition coefficient (Wildman–Crippen LogP) is 9.35. The maximum Gasteiger partial charge on any atom is 0.208 e. The third kappa shape index (κ3) is 3.94. The summed E-state index contributed by atoms with van der Waals surface area (Å²) in [7, 11) is -3.56. The molecule has 1 aliphatic rings. The quantitative estimate of drug-likeness (QED) is 0.176. The van der Waals surface area contributed by atoms with Crippen molar-refractivity contribution >= 4 is 73.2 Å². The molecule has 5 aromatic rings. The predicted molar refractivity (Wildman–Crippen MR) is 146 cm³/mol. The molecule has 0 atom stereocenters. The van der Waals surface area contributed by atoms with Crippen LogP contribution in [0.25, 0.3) is 31.3 Å². The van der Waals surface area contributed by atoms with Gasteiger partial charge in [-0.25, -0.2) is 8.42 Å². The summed E-state index contributed by atoms with van der Waals surface area (Å²) in [5.74, 6) is 0. The first kappa shape index (κ1) is 21.8. The van der Waals surface area contributed by atoms with Crippen molar-refractivity contribution in [3.8, 4) is 11.1 Å². The molecule has 0 saturated carbocycles. The number of rotatable bonds is 0. The number of hydrogen-bond acceptors (Lipinski definition) is 3. The first-order chi connectivity index (χ1) is 15.3. The summed E-state index contributed by atoms with van der Waals surface area (Å²) in [5, 5.41) is 2.42. The van der Waals surface area contributed by atoms with Crippen LogP contribution in [0, 0.1) is 0 Å². The monoisotopic (exact) mass is 590 g/mol. The standard InChI is InChI=1S/C12H7BrO2S.C12H7BrS.2CH4/c13-10-6-3-5-9-8-4-1-2-7-11(8)16(14,15)12(9)10;13-10-6-3-5-9-8-4-1-2-7-11(8)14-12(9)10;;/h1-7H;1-7H;2*1H4/i2*7D;;. The van der Waals surface area contributed by atoms with Crippen molar-refractivity contribution in [2.45, 2.75) is 24.6 Å². The molecule has 0 unspecified atom stereocenters. The van der Waals surface area contributed by atoms with Crippen LogP contribution in [0.5, 0.6) is 0 Å². The molecule has 0 N–H and O–H groups in total. The molecule has 0 fully saturated rings. The molecule has 1 aliphatic heterocycles. The highest BCUT2D eigenvalue weighted by atomic mass is 79.9. The molecule has 2 nitrogen and oxygen atoms in total. The van der Waals surface area contributed by atoms with Gasteiger partial charge in [0, 0.05) is 40.2 Å². The lowest BCUT2D eigenvalue weighted by molar-refractivity contribution is 0.598. The zero-order chi connectivity index (χ0) is 22.6. The number of fused-ring (bicyclic) bond motifs is 6. The number of halogens is 2. The molecule has 0 bridgehead atoms. The van der Waals surface area contributed by atoms with Gasteiger partial charge >= 0.3 is 0 Å². The molecule has 0 aliphatic carbocycles. The first-order valence-corrected chi connectivity index (χ1v) is 12.9. The van der Waals surface area contributed by atoms with Crippen molar-refractivity contribution in [3.63, 3.8) is 0 Å². The lowest BCUT2D eigenvalue weighted by Crippen LogP contribution is -1.97. The average Bonchev–Trinajstić information content (AvgIpc) is 3.26. The van der Waals surface area contributed by atoms with Crippen molar-refractivity contribution < 1.29 is 11.2 Å². The minimum atomic E-state index is -3.56. The van der Waals surface area contributed by atoms with E-state index in [4.69, 9.17) is 2.74 Å². The van der Waals surface area contributed by atoms with Gasteiger partial charge in [0.25, 0.3) is 0 Å². The molecule has 1 aromatic heterocycles. The third-order valence-corrected chi connectivity index (χ3v) is 9.78. The molecule has 6 rings (SSSR count). The Kier molecular flexibility index (Phi) is 6.47. The number of sulfone groups is 1. The molecule has 4 aromatic carbocycles. The van der Waals surface area contributed by atoms with Gasteiger partial charge in [-0.1, -0.05) is 75.5 Å². The van der Waals surface area contributed by atoms with Gasteiger partial charge in [0.05, 0.1) is 12.5 Å². The average molecular weight is 592 g/mol. The summed E-state index contributed by atoms with van der Waals surface area (Å²) in [6.45, 7) is 0. The fraction of sp³-hybridized carbons (Fsp3) is 0.0769. The molecule has 0 spiro atoms. The molecule has 0 radical (unpaired) electrons. The molecular weight excluding hydrogens is 568 g/mol. The Morgan fingerprint density at radius 3 is 2.16 bits per heavy atom. The summed E-state index contributed by atoms with van der Waals surface area (Å²) in [5.41, 5.74) is 1.29. The Balaban J connectivity index is 0.000000181. The van der Waals surface area contributed by atoms with Crippen molar-refractivity contribution in [1.82, 2.24) is 0 Å². The van der Waals surface area contributed by atoms with Gasteiger partial charge in [-0.3, -0.25) is 0 Å². The van der Waals surface area contributed by atoms with E-state index in [1.54, 1.807) is 41.7 Å². The highest BCUT2D eigenvalue weighted by molar-refractivity contribution is 9.11. The molecular formula is C26H22Br2O2S2. The van der Waals surface area contributed by atoms with E-state index >= 15 is 0 Å². The molecule has 6 heteroatoms. The lowest BCUT2D eigenvalue weighted by Gasteiger charge is -2.00. The minimum Gasteiger partial charge on any atom is -0.218 e. The SMILES string of the molecule is C.C.[2H]c1cccc2c1S(=O)(=O)c1c(Br)cccc1-2.[2H]c1cccc2c1sc1c(Br)cccc12. The van der Waals surface area contributed by atoms with E-state index in [0.29, 0.717) is 21.6 Å². The van der Waals surface area contributed by atoms with Gasteiger partial charge in [0.1, 0.15) is 0 Å². The van der Waals surface area contributed by atoms with Crippen LogP contribution in [-0.2, 0) is 9.84 Å². The highest BCUT2D eigenvalue weighted by Crippen LogP contribution is 2.45. The molecule has 164 valence electrons. The normalized spacial score (nSPS) is 13.6. The fourth-order valence-electron chi connectivity index (χ4n) is 3.60. The molecule has 0 amide bonds. The van der Waals surface area contributed by atoms with Crippen molar-refractivity contribution in [1.29, 1.82) is 0 Å². The fourth-order valence-corrected chi connectivity index (χ4v) is 7.97. The van der Waals surface area contributed by atoms with Gasteiger partial charge in [-0.15, -0.1) is 11.3 Å². The second kappa shape index (κ2) is 9.48. The third-order valence-electron chi connectivity index (χ3n) is 4.89. The Morgan fingerprint density at radius 2 is 1.34 bits per heavy atom. The van der Waals surface area contributed by atoms with Crippen LogP contribution in [-0.4, -0.2) is 8.42 Å². The van der Waals surface area contributed by atoms with Crippen LogP contribution in [0.4, 0.5) is 0 Å². The zero-order valence-corrected chi connectivity index (χ0v) is 20.1. The van der Waals surface area contributed by atoms with Crippen LogP contribution in [0.15, 0.2) is 104 Å². The largest absolute Gasteiger partial charge is 0.218 e. The van der Waals surface area contributed by atoms with Crippen LogP contribution in [0.1, 0.15) is 17.6 Å². The summed E-state index contributed by atoms with van der Waals surface area (Å²) in [6, 6.07) is 22.9. The van der Waals surface area contributed by atoms with Crippen molar-refractivity contribution in [2.24, 2.45) is 0 Å². The summed E-state index contributed by atoms with van der Waals surface area (Å²) in [6.07, 6.45) is 0. The highest BCUT2D eigenvalue weighted by Gasteiger charge is 2.34. The Hall–Kier alpha value is -1.99. The summed E-state index contributed by atoms with van der Waals surface area (Å²) >= 11 is 8.50. The van der Waals surface area contributed by atoms with Gasteiger partial charge in [-0.05, 0) is 56.1 Å². The van der Waals surface area contributed by atoms with Gasteiger partial charge in [0.2, 0.25) is 9.84 Å². The number of thiophene rings is 1. The van der Waals surface area contributed by atoms with Crippen LogP contribution >= 0.6 is 43.2 Å². The first-order valence-electron chi connectivity index (χ1n) is 10.0. The van der Waals surface area contributed by atoms with Crippen molar-refractivity contribution in [3.05, 3.63) is 93.8 Å². The number of hydrogen-bond donors (Lipinski definition) is 0. The smallest absolute Gasteiger partial charge is 0.208 e. The lowest BCUT2D eigenvalue weighted by atomic mass is 10.1. The second-order valence-electron chi connectivity index (χ2n) is 6.66. The van der Waals surface area contributed by atoms with E-state index in [2.05, 4.69) is 44.0 Å². The van der Waals surface area contributed by atoms with Gasteiger partial charge in [0.15, 0.2) is 0 Å². The number of benzene rings is 4. The topological polar surface area (TPSA) is 34.1 Å². The Morgan fingerprint density at radius 1 is 0.719 bits per heavy atom. The van der Waals surface area contributed by atoms with E-state index in [1.165, 1.54) is 21.5 Å². The molecule has 32 heavy (non-hydrogen) atoms. The van der Waals surface area contributed by atoms with E-state index in [1.807, 2.05) is 24.3 Å². The minimum absolute atomic E-state index is 0. The van der Waals surface area contributed by atoms with Gasteiger partial charge in [-0.2, -0.15) is 0 Å². The van der Waals surface area contributed by atoms with Crippen LogP contribution < -0.4 is 0 Å². The van der Waals surface area contributed by atoms with E-state index < -0.39 is 9.84 Å². The van der Waals surface area contributed by atoms with E-state index in [9.17, 15) is 8.42 Å². The van der Waals surface area contributed by atoms with Crippen LogP contribution in [0.2, 0.25) is 0 Å². The second-order valence-corrected chi connectivity index (χ2v) is 11.2. The Bertz CT molecular complexity index is 1530. The summed E-state index contributed by atoms with van der Waals surface area (Å²) in [4.78, 5) is 0.386.